The van der Waals surface area contributed by atoms with Crippen LogP contribution in [0.4, 0.5) is 5.69 Å². The van der Waals surface area contributed by atoms with Gasteiger partial charge in [-0.25, -0.2) is 4.98 Å². The van der Waals surface area contributed by atoms with Gasteiger partial charge in [-0.1, -0.05) is 12.1 Å². The summed E-state index contributed by atoms with van der Waals surface area (Å²) in [5.41, 5.74) is 5.16. The Bertz CT molecular complexity index is 1040. The van der Waals surface area contributed by atoms with Crippen molar-refractivity contribution in [3.63, 3.8) is 0 Å². The summed E-state index contributed by atoms with van der Waals surface area (Å²) in [6.45, 7) is 5.86. The second-order valence-electron chi connectivity index (χ2n) is 6.88. The minimum atomic E-state index is -0.227. The summed E-state index contributed by atoms with van der Waals surface area (Å²) in [5.74, 6) is 0.446. The first-order valence-corrected chi connectivity index (χ1v) is 8.82. The van der Waals surface area contributed by atoms with Crippen LogP contribution in [0.2, 0.25) is 0 Å². The first-order valence-electron chi connectivity index (χ1n) is 8.82. The summed E-state index contributed by atoms with van der Waals surface area (Å²) in [4.78, 5) is 30.9. The minimum Gasteiger partial charge on any atom is -0.332 e. The molecule has 0 aliphatic heterocycles. The third kappa shape index (κ3) is 3.69. The van der Waals surface area contributed by atoms with Gasteiger partial charge in [0.05, 0.1) is 17.6 Å². The number of aromatic nitrogens is 2. The van der Waals surface area contributed by atoms with Crippen molar-refractivity contribution in [3.05, 3.63) is 58.9 Å². The molecule has 0 bridgehead atoms. The molecule has 3 rings (SSSR count). The van der Waals surface area contributed by atoms with Gasteiger partial charge >= 0.3 is 0 Å². The van der Waals surface area contributed by atoms with Crippen LogP contribution in [-0.2, 0) is 11.8 Å². The quantitative estimate of drug-likeness (QED) is 0.773. The molecule has 0 aliphatic carbocycles. The van der Waals surface area contributed by atoms with Crippen LogP contribution < -0.4 is 5.32 Å². The molecule has 0 saturated carbocycles. The summed E-state index contributed by atoms with van der Waals surface area (Å²) < 4.78 is 1.98. The van der Waals surface area contributed by atoms with Crippen LogP contribution in [0.25, 0.3) is 11.0 Å². The Balaban J connectivity index is 1.71. The Morgan fingerprint density at radius 1 is 1.15 bits per heavy atom. The maximum atomic E-state index is 12.7. The van der Waals surface area contributed by atoms with Crippen LogP contribution in [0.3, 0.4) is 0 Å². The van der Waals surface area contributed by atoms with Crippen LogP contribution in [0.1, 0.15) is 27.3 Å². The van der Waals surface area contributed by atoms with Gasteiger partial charge < -0.3 is 14.8 Å². The molecule has 140 valence electrons. The molecule has 0 aliphatic rings. The number of hydrogen-bond acceptors (Lipinski definition) is 3. The average molecular weight is 364 g/mol. The largest absolute Gasteiger partial charge is 0.332 e. The first kappa shape index (κ1) is 18.6. The van der Waals surface area contributed by atoms with Crippen molar-refractivity contribution in [1.82, 2.24) is 14.5 Å². The molecule has 0 radical (unpaired) electrons. The topological polar surface area (TPSA) is 67.2 Å². The molecule has 6 heteroatoms. The van der Waals surface area contributed by atoms with Gasteiger partial charge in [0.25, 0.3) is 5.91 Å². The van der Waals surface area contributed by atoms with Gasteiger partial charge in [-0.15, -0.1) is 0 Å². The summed E-state index contributed by atoms with van der Waals surface area (Å²) in [7, 11) is 3.56. The molecule has 1 N–H and O–H groups in total. The fourth-order valence-electron chi connectivity index (χ4n) is 3.04. The molecular weight excluding hydrogens is 340 g/mol. The zero-order chi connectivity index (χ0) is 19.7. The van der Waals surface area contributed by atoms with Gasteiger partial charge in [0.2, 0.25) is 5.91 Å². The lowest BCUT2D eigenvalue weighted by molar-refractivity contribution is -0.116. The molecular formula is C21H24N4O2. The van der Waals surface area contributed by atoms with E-state index in [4.69, 9.17) is 0 Å². The van der Waals surface area contributed by atoms with Gasteiger partial charge in [-0.3, -0.25) is 9.59 Å². The Labute approximate surface area is 158 Å². The van der Waals surface area contributed by atoms with E-state index in [0.717, 1.165) is 33.7 Å². The predicted molar refractivity (Wildman–Crippen MR) is 107 cm³/mol. The van der Waals surface area contributed by atoms with Crippen LogP contribution >= 0.6 is 0 Å². The third-order valence-corrected chi connectivity index (χ3v) is 4.96. The molecule has 0 saturated heterocycles. The van der Waals surface area contributed by atoms with Crippen molar-refractivity contribution in [2.24, 2.45) is 7.05 Å². The molecule has 1 heterocycles. The van der Waals surface area contributed by atoms with E-state index in [-0.39, 0.29) is 18.4 Å². The van der Waals surface area contributed by atoms with E-state index in [9.17, 15) is 9.59 Å². The molecule has 27 heavy (non-hydrogen) atoms. The number of hydrogen-bond donors (Lipinski definition) is 1. The molecule has 0 fully saturated rings. The average Bonchev–Trinajstić information content (AvgIpc) is 2.91. The fourth-order valence-corrected chi connectivity index (χ4v) is 3.04. The number of fused-ring (bicyclic) bond motifs is 1. The lowest BCUT2D eigenvalue weighted by atomic mass is 10.1. The van der Waals surface area contributed by atoms with E-state index in [1.807, 2.05) is 56.7 Å². The molecule has 2 aromatic carbocycles. The molecule has 1 aromatic heterocycles. The highest BCUT2D eigenvalue weighted by molar-refractivity contribution is 6.01. The van der Waals surface area contributed by atoms with Gasteiger partial charge in [0.1, 0.15) is 5.82 Å². The Morgan fingerprint density at radius 2 is 1.89 bits per heavy atom. The third-order valence-electron chi connectivity index (χ3n) is 4.96. The number of amides is 2. The SMILES string of the molecule is Cc1cccc(NC(=O)CN(C)C(=O)c2ccc3c(c2)nc(C)n3C)c1C. The highest BCUT2D eigenvalue weighted by Crippen LogP contribution is 2.19. The number of benzene rings is 2. The van der Waals surface area contributed by atoms with Crippen molar-refractivity contribution >= 4 is 28.5 Å². The summed E-state index contributed by atoms with van der Waals surface area (Å²) in [6.07, 6.45) is 0. The number of carbonyl (C=O) groups is 2. The smallest absolute Gasteiger partial charge is 0.254 e. The second kappa shape index (κ2) is 7.23. The van der Waals surface area contributed by atoms with Gasteiger partial charge in [-0.2, -0.15) is 0 Å². The first-order chi connectivity index (χ1) is 12.8. The van der Waals surface area contributed by atoms with Crippen LogP contribution in [0.15, 0.2) is 36.4 Å². The van der Waals surface area contributed by atoms with Crippen LogP contribution in [0, 0.1) is 20.8 Å². The van der Waals surface area contributed by atoms with E-state index in [1.165, 1.54) is 4.90 Å². The second-order valence-corrected chi connectivity index (χ2v) is 6.88. The molecule has 0 atom stereocenters. The monoisotopic (exact) mass is 364 g/mol. The lowest BCUT2D eigenvalue weighted by Crippen LogP contribution is -2.35. The van der Waals surface area contributed by atoms with E-state index >= 15 is 0 Å². The molecule has 0 unspecified atom stereocenters. The number of imidazole rings is 1. The maximum absolute atomic E-state index is 12.7. The molecule has 3 aromatic rings. The lowest BCUT2D eigenvalue weighted by Gasteiger charge is -2.18. The number of nitrogens with one attached hydrogen (secondary N) is 1. The van der Waals surface area contributed by atoms with Gasteiger partial charge in [-0.05, 0) is 56.2 Å². The number of anilines is 1. The van der Waals surface area contributed by atoms with Gasteiger partial charge in [0, 0.05) is 25.3 Å². The van der Waals surface area contributed by atoms with Crippen LogP contribution in [0.5, 0.6) is 0 Å². The number of nitrogens with zero attached hydrogens (tertiary/aromatic N) is 3. The van der Waals surface area contributed by atoms with Crippen molar-refractivity contribution in [2.75, 3.05) is 18.9 Å². The van der Waals surface area contributed by atoms with Gasteiger partial charge in [0.15, 0.2) is 0 Å². The molecule has 2 amide bonds. The zero-order valence-electron chi connectivity index (χ0n) is 16.3. The highest BCUT2D eigenvalue weighted by atomic mass is 16.2. The number of likely N-dealkylation sites (N-methyl/N-ethyl adjacent to an activating group) is 1. The van der Waals surface area contributed by atoms with E-state index in [2.05, 4.69) is 10.3 Å². The normalized spacial score (nSPS) is 10.9. The zero-order valence-corrected chi connectivity index (χ0v) is 16.3. The Hall–Kier alpha value is -3.15. The van der Waals surface area contributed by atoms with Crippen molar-refractivity contribution in [1.29, 1.82) is 0 Å². The Morgan fingerprint density at radius 3 is 2.63 bits per heavy atom. The number of rotatable bonds is 4. The Kier molecular flexibility index (Phi) is 4.99. The van der Waals surface area contributed by atoms with E-state index in [1.54, 1.807) is 19.2 Å². The van der Waals surface area contributed by atoms with E-state index < -0.39 is 0 Å². The summed E-state index contributed by atoms with van der Waals surface area (Å²) in [5, 5.41) is 2.88. The fraction of sp³-hybridized carbons (Fsp3) is 0.286. The summed E-state index contributed by atoms with van der Waals surface area (Å²) in [6, 6.07) is 11.2. The van der Waals surface area contributed by atoms with Crippen molar-refractivity contribution < 1.29 is 9.59 Å². The highest BCUT2D eigenvalue weighted by Gasteiger charge is 2.17. The molecule has 0 spiro atoms. The standard InChI is InChI=1S/C21H24N4O2/c1-13-7-6-8-17(14(13)2)23-20(26)12-24(4)21(27)16-9-10-19-18(11-16)22-15(3)25(19)5/h6-11H,12H2,1-5H3,(H,23,26). The number of carbonyl (C=O) groups excluding carboxylic acids is 2. The van der Waals surface area contributed by atoms with E-state index in [0.29, 0.717) is 5.56 Å². The molecule has 6 nitrogen and oxygen atoms in total. The minimum absolute atomic E-state index is 0.0223. The maximum Gasteiger partial charge on any atom is 0.254 e. The summed E-state index contributed by atoms with van der Waals surface area (Å²) >= 11 is 0. The van der Waals surface area contributed by atoms with Crippen molar-refractivity contribution in [2.45, 2.75) is 20.8 Å². The predicted octanol–water partition coefficient (Wildman–Crippen LogP) is 3.21. The number of aryl methyl sites for hydroxylation is 3. The van der Waals surface area contributed by atoms with Crippen molar-refractivity contribution in [3.8, 4) is 0 Å². The van der Waals surface area contributed by atoms with Crippen LogP contribution in [-0.4, -0.2) is 39.9 Å².